The zero-order valence-corrected chi connectivity index (χ0v) is 7.33. The van der Waals surface area contributed by atoms with Crippen LogP contribution in [0, 0.1) is 0 Å². The van der Waals surface area contributed by atoms with E-state index in [0.29, 0.717) is 5.69 Å². The molecule has 66 valence electrons. The smallest absolute Gasteiger partial charge is 0.0762 e. The number of nitrogens with two attached hydrogens (primary N) is 1. The van der Waals surface area contributed by atoms with Gasteiger partial charge in [-0.1, -0.05) is 6.07 Å². The van der Waals surface area contributed by atoms with Gasteiger partial charge in [-0.25, -0.2) is 0 Å². The van der Waals surface area contributed by atoms with Crippen LogP contribution in [0.2, 0.25) is 0 Å². The maximum atomic E-state index is 9.24. The van der Waals surface area contributed by atoms with Crippen molar-refractivity contribution >= 4 is 11.4 Å². The highest BCUT2D eigenvalue weighted by molar-refractivity contribution is 5.66. The van der Waals surface area contributed by atoms with Gasteiger partial charge >= 0.3 is 0 Å². The maximum Gasteiger partial charge on any atom is 0.0762 e. The summed E-state index contributed by atoms with van der Waals surface area (Å²) in [7, 11) is 1.81. The normalized spacial score (nSPS) is 12.6. The first-order valence-electron chi connectivity index (χ1n) is 3.90. The molecule has 0 spiro atoms. The second-order valence-corrected chi connectivity index (χ2v) is 2.77. The highest BCUT2D eigenvalue weighted by atomic mass is 16.3. The van der Waals surface area contributed by atoms with Gasteiger partial charge in [0.1, 0.15) is 0 Å². The Balaban J connectivity index is 3.02. The molecule has 0 bridgehead atoms. The zero-order chi connectivity index (χ0) is 9.14. The van der Waals surface area contributed by atoms with Crippen molar-refractivity contribution in [1.29, 1.82) is 0 Å². The van der Waals surface area contributed by atoms with E-state index in [-0.39, 0.29) is 0 Å². The van der Waals surface area contributed by atoms with Gasteiger partial charge in [-0.05, 0) is 24.6 Å². The third kappa shape index (κ3) is 1.68. The van der Waals surface area contributed by atoms with Gasteiger partial charge < -0.3 is 16.2 Å². The van der Waals surface area contributed by atoms with E-state index in [1.807, 2.05) is 19.2 Å². The lowest BCUT2D eigenvalue weighted by Gasteiger charge is -2.09. The van der Waals surface area contributed by atoms with Gasteiger partial charge in [0.25, 0.3) is 0 Å². The van der Waals surface area contributed by atoms with Crippen molar-refractivity contribution in [3.8, 4) is 0 Å². The molecule has 0 amide bonds. The second kappa shape index (κ2) is 3.45. The molecule has 0 aliphatic heterocycles. The van der Waals surface area contributed by atoms with E-state index in [1.54, 1.807) is 13.0 Å². The van der Waals surface area contributed by atoms with Crippen molar-refractivity contribution in [2.24, 2.45) is 0 Å². The molecule has 1 aromatic carbocycles. The van der Waals surface area contributed by atoms with E-state index in [1.165, 1.54) is 0 Å². The number of nitrogens with one attached hydrogen (secondary N) is 1. The van der Waals surface area contributed by atoms with E-state index in [9.17, 15) is 5.11 Å². The van der Waals surface area contributed by atoms with Crippen molar-refractivity contribution in [1.82, 2.24) is 0 Å². The molecule has 0 heterocycles. The first kappa shape index (κ1) is 8.87. The Labute approximate surface area is 72.2 Å². The van der Waals surface area contributed by atoms with Crippen LogP contribution in [0.3, 0.4) is 0 Å². The van der Waals surface area contributed by atoms with Gasteiger partial charge in [-0.2, -0.15) is 0 Å². The molecule has 0 fully saturated rings. The van der Waals surface area contributed by atoms with Gasteiger partial charge in [-0.3, -0.25) is 0 Å². The van der Waals surface area contributed by atoms with E-state index in [2.05, 4.69) is 5.32 Å². The van der Waals surface area contributed by atoms with Crippen molar-refractivity contribution < 1.29 is 5.11 Å². The number of hydrogen-bond donors (Lipinski definition) is 3. The molecule has 0 aliphatic carbocycles. The predicted molar refractivity (Wildman–Crippen MR) is 51.0 cm³/mol. The van der Waals surface area contributed by atoms with Crippen molar-refractivity contribution in [2.75, 3.05) is 18.1 Å². The molecule has 3 nitrogen and oxygen atoms in total. The molecule has 1 atom stereocenters. The molecule has 4 N–H and O–H groups in total. The predicted octanol–water partition coefficient (Wildman–Crippen LogP) is 1.36. The Morgan fingerprint density at radius 2 is 2.17 bits per heavy atom. The summed E-state index contributed by atoms with van der Waals surface area (Å²) in [6.07, 6.45) is -0.460. The van der Waals surface area contributed by atoms with E-state index >= 15 is 0 Å². The van der Waals surface area contributed by atoms with Gasteiger partial charge in [0.15, 0.2) is 0 Å². The summed E-state index contributed by atoms with van der Waals surface area (Å²) in [5, 5.41) is 12.2. The van der Waals surface area contributed by atoms with Crippen LogP contribution in [0.4, 0.5) is 11.4 Å². The zero-order valence-electron chi connectivity index (χ0n) is 7.33. The number of hydrogen-bond acceptors (Lipinski definition) is 3. The van der Waals surface area contributed by atoms with Gasteiger partial charge in [0, 0.05) is 7.05 Å². The molecule has 3 heteroatoms. The Morgan fingerprint density at radius 3 is 2.58 bits per heavy atom. The van der Waals surface area contributed by atoms with Crippen molar-refractivity contribution in [3.05, 3.63) is 23.8 Å². The summed E-state index contributed by atoms with van der Waals surface area (Å²) in [6, 6.07) is 5.49. The molecule has 0 aromatic heterocycles. The van der Waals surface area contributed by atoms with Crippen molar-refractivity contribution in [3.63, 3.8) is 0 Å². The molecule has 1 aromatic rings. The lowest BCUT2D eigenvalue weighted by atomic mass is 10.1. The molecule has 0 saturated carbocycles. The third-order valence-corrected chi connectivity index (χ3v) is 1.83. The fraction of sp³-hybridized carbons (Fsp3) is 0.333. The highest BCUT2D eigenvalue weighted by Gasteiger charge is 2.02. The number of aliphatic hydroxyl groups is 1. The van der Waals surface area contributed by atoms with E-state index < -0.39 is 6.10 Å². The summed E-state index contributed by atoms with van der Waals surface area (Å²) in [6.45, 7) is 1.72. The molecule has 0 saturated heterocycles. The highest BCUT2D eigenvalue weighted by Crippen LogP contribution is 2.22. The fourth-order valence-corrected chi connectivity index (χ4v) is 1.07. The quantitative estimate of drug-likeness (QED) is 0.581. The Morgan fingerprint density at radius 1 is 1.50 bits per heavy atom. The lowest BCUT2D eigenvalue weighted by Crippen LogP contribution is -1.98. The summed E-state index contributed by atoms with van der Waals surface area (Å²) < 4.78 is 0. The van der Waals surface area contributed by atoms with Crippen LogP contribution in [0.15, 0.2) is 18.2 Å². The van der Waals surface area contributed by atoms with Crippen LogP contribution >= 0.6 is 0 Å². The number of anilines is 2. The number of benzene rings is 1. The molecule has 1 rings (SSSR count). The van der Waals surface area contributed by atoms with Gasteiger partial charge in [-0.15, -0.1) is 0 Å². The van der Waals surface area contributed by atoms with Crippen LogP contribution in [0.1, 0.15) is 18.6 Å². The minimum atomic E-state index is -0.460. The second-order valence-electron chi connectivity index (χ2n) is 2.77. The summed E-state index contributed by atoms with van der Waals surface area (Å²) in [5.41, 5.74) is 8.09. The molecular weight excluding hydrogens is 152 g/mol. The lowest BCUT2D eigenvalue weighted by molar-refractivity contribution is 0.199. The minimum Gasteiger partial charge on any atom is -0.397 e. The molecular formula is C9H14N2O. The first-order valence-corrected chi connectivity index (χ1v) is 3.90. The van der Waals surface area contributed by atoms with Gasteiger partial charge in [0.05, 0.1) is 17.5 Å². The maximum absolute atomic E-state index is 9.24. The standard InChI is InChI=1S/C9H14N2O/c1-6(12)7-3-4-9(11-2)8(10)5-7/h3-6,11-12H,10H2,1-2H3/t6-/m0/s1. The fourth-order valence-electron chi connectivity index (χ4n) is 1.07. The average Bonchev–Trinajstić information content (AvgIpc) is 2.04. The number of aliphatic hydroxyl groups excluding tert-OH is 1. The third-order valence-electron chi connectivity index (χ3n) is 1.83. The van der Waals surface area contributed by atoms with E-state index in [4.69, 9.17) is 5.73 Å². The summed E-state index contributed by atoms with van der Waals surface area (Å²) >= 11 is 0. The SMILES string of the molecule is CNc1ccc([C@H](C)O)cc1N. The van der Waals surface area contributed by atoms with Crippen LogP contribution in [0.5, 0.6) is 0 Å². The van der Waals surface area contributed by atoms with Crippen LogP contribution in [-0.2, 0) is 0 Å². The summed E-state index contributed by atoms with van der Waals surface area (Å²) in [4.78, 5) is 0. The molecule has 0 aliphatic rings. The monoisotopic (exact) mass is 166 g/mol. The Kier molecular flexibility index (Phi) is 2.55. The van der Waals surface area contributed by atoms with Gasteiger partial charge in [0.2, 0.25) is 0 Å². The molecule has 0 radical (unpaired) electrons. The number of nitrogen functional groups attached to an aromatic ring is 1. The van der Waals surface area contributed by atoms with Crippen LogP contribution in [-0.4, -0.2) is 12.2 Å². The molecule has 12 heavy (non-hydrogen) atoms. The van der Waals surface area contributed by atoms with E-state index in [0.717, 1.165) is 11.3 Å². The Hall–Kier alpha value is -1.22. The first-order chi connectivity index (χ1) is 5.65. The summed E-state index contributed by atoms with van der Waals surface area (Å²) in [5.74, 6) is 0. The number of rotatable bonds is 2. The topological polar surface area (TPSA) is 58.3 Å². The minimum absolute atomic E-state index is 0.460. The van der Waals surface area contributed by atoms with Crippen LogP contribution in [0.25, 0.3) is 0 Å². The Bertz CT molecular complexity index is 271. The van der Waals surface area contributed by atoms with Crippen molar-refractivity contribution in [2.45, 2.75) is 13.0 Å². The largest absolute Gasteiger partial charge is 0.397 e. The average molecular weight is 166 g/mol. The van der Waals surface area contributed by atoms with Crippen LogP contribution < -0.4 is 11.1 Å². The molecule has 0 unspecified atom stereocenters.